The average molecular weight is 260 g/mol. The molecule has 0 saturated carbocycles. The number of hydrogen-bond donors (Lipinski definition) is 2. The molecule has 0 spiro atoms. The van der Waals surface area contributed by atoms with Crippen molar-refractivity contribution in [2.45, 2.75) is 12.8 Å². The third-order valence-corrected chi connectivity index (χ3v) is 3.04. The number of carbonyl (C=O) groups excluding carboxylic acids is 1. The molecule has 19 heavy (non-hydrogen) atoms. The standard InChI is InChI=1S/C15H20N2O2/c18-15(12-19-14-4-2-1-3-5-14)17-11-8-13-6-9-16-10-7-13/h1-6,16H,7-12H2,(H,17,18). The summed E-state index contributed by atoms with van der Waals surface area (Å²) in [5.74, 6) is 0.650. The number of amides is 1. The Kier molecular flexibility index (Phi) is 5.44. The van der Waals surface area contributed by atoms with E-state index in [9.17, 15) is 4.79 Å². The fraction of sp³-hybridized carbons (Fsp3) is 0.400. The van der Waals surface area contributed by atoms with Crippen LogP contribution in [0.1, 0.15) is 12.8 Å². The van der Waals surface area contributed by atoms with Gasteiger partial charge in [-0.25, -0.2) is 0 Å². The molecule has 0 unspecified atom stereocenters. The van der Waals surface area contributed by atoms with Crippen LogP contribution in [-0.2, 0) is 4.79 Å². The molecular weight excluding hydrogens is 240 g/mol. The molecular formula is C15H20N2O2. The van der Waals surface area contributed by atoms with Crippen molar-refractivity contribution in [3.05, 3.63) is 42.0 Å². The maximum Gasteiger partial charge on any atom is 0.257 e. The molecule has 1 aromatic carbocycles. The fourth-order valence-electron chi connectivity index (χ4n) is 1.98. The Labute approximate surface area is 113 Å². The van der Waals surface area contributed by atoms with Crippen molar-refractivity contribution in [1.82, 2.24) is 10.6 Å². The lowest BCUT2D eigenvalue weighted by atomic mass is 10.1. The van der Waals surface area contributed by atoms with Crippen LogP contribution in [0.4, 0.5) is 0 Å². The normalized spacial score (nSPS) is 14.6. The third kappa shape index (κ3) is 5.14. The quantitative estimate of drug-likeness (QED) is 0.762. The summed E-state index contributed by atoms with van der Waals surface area (Å²) in [4.78, 5) is 11.6. The van der Waals surface area contributed by atoms with Gasteiger partial charge in [-0.05, 0) is 31.5 Å². The van der Waals surface area contributed by atoms with Gasteiger partial charge < -0.3 is 15.4 Å². The van der Waals surface area contributed by atoms with Crippen molar-refractivity contribution in [1.29, 1.82) is 0 Å². The van der Waals surface area contributed by atoms with Crippen LogP contribution in [-0.4, -0.2) is 32.1 Å². The molecule has 0 bridgehead atoms. The number of nitrogens with one attached hydrogen (secondary N) is 2. The fourth-order valence-corrected chi connectivity index (χ4v) is 1.98. The summed E-state index contributed by atoms with van der Waals surface area (Å²) in [6.07, 6.45) is 4.21. The van der Waals surface area contributed by atoms with Crippen molar-refractivity contribution >= 4 is 5.91 Å². The SMILES string of the molecule is O=C(COc1ccccc1)NCCC1=CCNCC1. The Balaban J connectivity index is 1.61. The molecule has 0 saturated heterocycles. The molecule has 0 aliphatic carbocycles. The van der Waals surface area contributed by atoms with Gasteiger partial charge in [0.2, 0.25) is 0 Å². The highest BCUT2D eigenvalue weighted by atomic mass is 16.5. The Bertz CT molecular complexity index is 429. The van der Waals surface area contributed by atoms with E-state index in [2.05, 4.69) is 16.7 Å². The predicted octanol–water partition coefficient (Wildman–Crippen LogP) is 1.49. The molecule has 0 aromatic heterocycles. The molecule has 1 aliphatic heterocycles. The highest BCUT2D eigenvalue weighted by molar-refractivity contribution is 5.77. The molecule has 1 amide bonds. The van der Waals surface area contributed by atoms with E-state index < -0.39 is 0 Å². The smallest absolute Gasteiger partial charge is 0.257 e. The van der Waals surface area contributed by atoms with Crippen molar-refractivity contribution in [3.63, 3.8) is 0 Å². The molecule has 1 aromatic rings. The van der Waals surface area contributed by atoms with E-state index in [0.29, 0.717) is 6.54 Å². The van der Waals surface area contributed by atoms with E-state index in [4.69, 9.17) is 4.74 Å². The van der Waals surface area contributed by atoms with Crippen LogP contribution >= 0.6 is 0 Å². The largest absolute Gasteiger partial charge is 0.484 e. The second-order valence-corrected chi connectivity index (χ2v) is 4.52. The van der Waals surface area contributed by atoms with Gasteiger partial charge >= 0.3 is 0 Å². The minimum Gasteiger partial charge on any atom is -0.484 e. The van der Waals surface area contributed by atoms with Gasteiger partial charge in [-0.15, -0.1) is 0 Å². The molecule has 2 N–H and O–H groups in total. The molecule has 0 radical (unpaired) electrons. The highest BCUT2D eigenvalue weighted by Crippen LogP contribution is 2.08. The lowest BCUT2D eigenvalue weighted by molar-refractivity contribution is -0.123. The first-order valence-electron chi connectivity index (χ1n) is 6.68. The summed E-state index contributed by atoms with van der Waals surface area (Å²) in [7, 11) is 0. The summed E-state index contributed by atoms with van der Waals surface area (Å²) < 4.78 is 5.37. The second-order valence-electron chi connectivity index (χ2n) is 4.52. The van der Waals surface area contributed by atoms with E-state index in [1.807, 2.05) is 30.3 Å². The minimum atomic E-state index is -0.0709. The van der Waals surface area contributed by atoms with Gasteiger partial charge in [0, 0.05) is 13.1 Å². The maximum absolute atomic E-state index is 11.6. The molecule has 4 nitrogen and oxygen atoms in total. The van der Waals surface area contributed by atoms with E-state index in [0.717, 1.165) is 31.7 Å². The number of carbonyl (C=O) groups is 1. The average Bonchev–Trinajstić information content (AvgIpc) is 2.47. The topological polar surface area (TPSA) is 50.4 Å². The lowest BCUT2D eigenvalue weighted by Gasteiger charge is -2.14. The zero-order valence-electron chi connectivity index (χ0n) is 11.0. The first-order chi connectivity index (χ1) is 9.34. The van der Waals surface area contributed by atoms with Crippen molar-refractivity contribution in [3.8, 4) is 5.75 Å². The summed E-state index contributed by atoms with van der Waals surface area (Å²) in [6.45, 7) is 2.74. The number of ether oxygens (including phenoxy) is 1. The summed E-state index contributed by atoms with van der Waals surface area (Å²) in [5.41, 5.74) is 1.42. The zero-order valence-corrected chi connectivity index (χ0v) is 11.0. The molecule has 102 valence electrons. The summed E-state index contributed by atoms with van der Waals surface area (Å²) in [5, 5.41) is 6.14. The number of benzene rings is 1. The Morgan fingerprint density at radius 2 is 2.16 bits per heavy atom. The van der Waals surface area contributed by atoms with Gasteiger partial charge in [0.1, 0.15) is 5.75 Å². The Morgan fingerprint density at radius 3 is 2.89 bits per heavy atom. The molecule has 4 heteroatoms. The van der Waals surface area contributed by atoms with Gasteiger partial charge in [0.05, 0.1) is 0 Å². The highest BCUT2D eigenvalue weighted by Gasteiger charge is 2.05. The zero-order chi connectivity index (χ0) is 13.3. The van der Waals surface area contributed by atoms with Crippen LogP contribution < -0.4 is 15.4 Å². The van der Waals surface area contributed by atoms with Crippen molar-refractivity contribution < 1.29 is 9.53 Å². The molecule has 1 aliphatic rings. The summed E-state index contributed by atoms with van der Waals surface area (Å²) >= 11 is 0. The van der Waals surface area contributed by atoms with E-state index >= 15 is 0 Å². The third-order valence-electron chi connectivity index (χ3n) is 3.04. The lowest BCUT2D eigenvalue weighted by Crippen LogP contribution is -2.30. The van der Waals surface area contributed by atoms with Crippen LogP contribution in [0.2, 0.25) is 0 Å². The monoisotopic (exact) mass is 260 g/mol. The minimum absolute atomic E-state index is 0.0709. The van der Waals surface area contributed by atoms with Crippen LogP contribution in [0.25, 0.3) is 0 Å². The molecule has 0 atom stereocenters. The van der Waals surface area contributed by atoms with E-state index in [1.54, 1.807) is 0 Å². The molecule has 2 rings (SSSR count). The van der Waals surface area contributed by atoms with Crippen molar-refractivity contribution in [2.75, 3.05) is 26.2 Å². The van der Waals surface area contributed by atoms with Gasteiger partial charge in [0.15, 0.2) is 6.61 Å². The van der Waals surface area contributed by atoms with Crippen LogP contribution in [0.15, 0.2) is 42.0 Å². The first-order valence-corrected chi connectivity index (χ1v) is 6.68. The van der Waals surface area contributed by atoms with Gasteiger partial charge in [-0.2, -0.15) is 0 Å². The maximum atomic E-state index is 11.6. The van der Waals surface area contributed by atoms with Crippen LogP contribution in [0.5, 0.6) is 5.75 Å². The predicted molar refractivity (Wildman–Crippen MR) is 75.1 cm³/mol. The van der Waals surface area contributed by atoms with E-state index in [-0.39, 0.29) is 12.5 Å². The molecule has 1 heterocycles. The Morgan fingerprint density at radius 1 is 1.32 bits per heavy atom. The van der Waals surface area contributed by atoms with Crippen molar-refractivity contribution in [2.24, 2.45) is 0 Å². The second kappa shape index (κ2) is 7.59. The number of rotatable bonds is 6. The number of para-hydroxylation sites is 1. The van der Waals surface area contributed by atoms with Crippen LogP contribution in [0, 0.1) is 0 Å². The Hall–Kier alpha value is -1.81. The van der Waals surface area contributed by atoms with Gasteiger partial charge in [-0.3, -0.25) is 4.79 Å². The van der Waals surface area contributed by atoms with E-state index in [1.165, 1.54) is 5.57 Å². The number of hydrogen-bond acceptors (Lipinski definition) is 3. The summed E-state index contributed by atoms with van der Waals surface area (Å²) in [6, 6.07) is 9.37. The van der Waals surface area contributed by atoms with Crippen LogP contribution in [0.3, 0.4) is 0 Å². The molecule has 0 fully saturated rings. The van der Waals surface area contributed by atoms with Gasteiger partial charge in [-0.1, -0.05) is 29.8 Å². The first kappa shape index (κ1) is 13.6. The van der Waals surface area contributed by atoms with Gasteiger partial charge in [0.25, 0.3) is 5.91 Å².